The quantitative estimate of drug-likeness (QED) is 0.883. The SMILES string of the molecule is Cc1ccc(N2CCN(C)C(CCN)C2)c(C)c1. The lowest BCUT2D eigenvalue weighted by molar-refractivity contribution is 0.210. The molecule has 1 heterocycles. The molecule has 3 heteroatoms. The topological polar surface area (TPSA) is 32.5 Å². The minimum absolute atomic E-state index is 0.587. The van der Waals surface area contributed by atoms with Crippen LogP contribution in [0.15, 0.2) is 18.2 Å². The van der Waals surface area contributed by atoms with Crippen LogP contribution in [0.2, 0.25) is 0 Å². The fourth-order valence-corrected chi connectivity index (χ4v) is 2.83. The van der Waals surface area contributed by atoms with Gasteiger partial charge in [-0.25, -0.2) is 0 Å². The van der Waals surface area contributed by atoms with Crippen molar-refractivity contribution in [1.82, 2.24) is 4.90 Å². The van der Waals surface area contributed by atoms with E-state index < -0.39 is 0 Å². The molecular weight excluding hydrogens is 222 g/mol. The van der Waals surface area contributed by atoms with Crippen LogP contribution in [0.25, 0.3) is 0 Å². The number of benzene rings is 1. The number of aryl methyl sites for hydroxylation is 2. The van der Waals surface area contributed by atoms with Crippen molar-refractivity contribution < 1.29 is 0 Å². The predicted molar refractivity (Wildman–Crippen MR) is 78.2 cm³/mol. The normalized spacial score (nSPS) is 21.3. The van der Waals surface area contributed by atoms with Crippen molar-refractivity contribution in [2.24, 2.45) is 5.73 Å². The Morgan fingerprint density at radius 1 is 1.28 bits per heavy atom. The van der Waals surface area contributed by atoms with E-state index in [1.807, 2.05) is 0 Å². The molecular formula is C15H25N3. The van der Waals surface area contributed by atoms with Gasteiger partial charge >= 0.3 is 0 Å². The maximum absolute atomic E-state index is 5.71. The number of piperazine rings is 1. The lowest BCUT2D eigenvalue weighted by Crippen LogP contribution is -2.52. The minimum Gasteiger partial charge on any atom is -0.368 e. The Morgan fingerprint density at radius 2 is 2.06 bits per heavy atom. The summed E-state index contributed by atoms with van der Waals surface area (Å²) < 4.78 is 0. The summed E-state index contributed by atoms with van der Waals surface area (Å²) in [6, 6.07) is 7.32. The van der Waals surface area contributed by atoms with Crippen LogP contribution < -0.4 is 10.6 Å². The van der Waals surface area contributed by atoms with Gasteiger partial charge in [0.2, 0.25) is 0 Å². The van der Waals surface area contributed by atoms with Crippen LogP contribution in [-0.2, 0) is 0 Å². The standard InChI is InChI=1S/C15H25N3/c1-12-4-5-15(13(2)10-12)18-9-8-17(3)14(11-18)6-7-16/h4-5,10,14H,6-9,11,16H2,1-3H3. The van der Waals surface area contributed by atoms with Gasteiger partial charge in [-0.3, -0.25) is 4.90 Å². The number of nitrogens with two attached hydrogens (primary N) is 1. The van der Waals surface area contributed by atoms with E-state index in [1.165, 1.54) is 16.8 Å². The lowest BCUT2D eigenvalue weighted by Gasteiger charge is -2.41. The first-order chi connectivity index (χ1) is 8.61. The Kier molecular flexibility index (Phi) is 4.25. The first kappa shape index (κ1) is 13.4. The van der Waals surface area contributed by atoms with Crippen molar-refractivity contribution in [3.05, 3.63) is 29.3 Å². The second kappa shape index (κ2) is 5.72. The molecule has 1 saturated heterocycles. The van der Waals surface area contributed by atoms with Crippen molar-refractivity contribution in [3.63, 3.8) is 0 Å². The number of rotatable bonds is 3. The molecule has 2 rings (SSSR count). The Balaban J connectivity index is 2.13. The molecule has 1 aromatic rings. The van der Waals surface area contributed by atoms with Crippen molar-refractivity contribution in [2.75, 3.05) is 38.1 Å². The zero-order valence-electron chi connectivity index (χ0n) is 11.8. The fourth-order valence-electron chi connectivity index (χ4n) is 2.83. The largest absolute Gasteiger partial charge is 0.368 e. The van der Waals surface area contributed by atoms with Gasteiger partial charge in [0.25, 0.3) is 0 Å². The lowest BCUT2D eigenvalue weighted by atomic mass is 10.1. The van der Waals surface area contributed by atoms with E-state index in [1.54, 1.807) is 0 Å². The second-order valence-corrected chi connectivity index (χ2v) is 5.45. The molecule has 0 bridgehead atoms. The van der Waals surface area contributed by atoms with Gasteiger partial charge < -0.3 is 10.6 Å². The molecule has 0 saturated carbocycles. The second-order valence-electron chi connectivity index (χ2n) is 5.45. The van der Waals surface area contributed by atoms with Crippen LogP contribution in [0.1, 0.15) is 17.5 Å². The zero-order chi connectivity index (χ0) is 13.1. The highest BCUT2D eigenvalue weighted by atomic mass is 15.3. The number of anilines is 1. The molecule has 0 aromatic heterocycles. The van der Waals surface area contributed by atoms with Gasteiger partial charge in [0.1, 0.15) is 0 Å². The van der Waals surface area contributed by atoms with E-state index in [0.717, 1.165) is 32.6 Å². The summed E-state index contributed by atoms with van der Waals surface area (Å²) in [5, 5.41) is 0. The first-order valence-corrected chi connectivity index (χ1v) is 6.84. The van der Waals surface area contributed by atoms with Gasteiger partial charge in [-0.1, -0.05) is 17.7 Å². The van der Waals surface area contributed by atoms with Crippen LogP contribution in [0, 0.1) is 13.8 Å². The number of hydrogen-bond donors (Lipinski definition) is 1. The number of nitrogens with zero attached hydrogens (tertiary/aromatic N) is 2. The summed E-state index contributed by atoms with van der Waals surface area (Å²) in [5.74, 6) is 0. The van der Waals surface area contributed by atoms with Gasteiger partial charge in [0.05, 0.1) is 0 Å². The Bertz CT molecular complexity index is 403. The van der Waals surface area contributed by atoms with Crippen molar-refractivity contribution in [2.45, 2.75) is 26.3 Å². The molecule has 1 aliphatic heterocycles. The van der Waals surface area contributed by atoms with Crippen LogP contribution in [0.3, 0.4) is 0 Å². The third-order valence-electron chi connectivity index (χ3n) is 3.97. The molecule has 18 heavy (non-hydrogen) atoms. The monoisotopic (exact) mass is 247 g/mol. The number of likely N-dealkylation sites (N-methyl/N-ethyl adjacent to an activating group) is 1. The highest BCUT2D eigenvalue weighted by Crippen LogP contribution is 2.24. The smallest absolute Gasteiger partial charge is 0.0397 e. The summed E-state index contributed by atoms with van der Waals surface area (Å²) in [6.07, 6.45) is 1.08. The van der Waals surface area contributed by atoms with Gasteiger partial charge in [0.15, 0.2) is 0 Å². The van der Waals surface area contributed by atoms with Crippen molar-refractivity contribution in [3.8, 4) is 0 Å². The van der Waals surface area contributed by atoms with E-state index >= 15 is 0 Å². The molecule has 100 valence electrons. The average molecular weight is 247 g/mol. The molecule has 1 aromatic carbocycles. The van der Waals surface area contributed by atoms with E-state index in [4.69, 9.17) is 5.73 Å². The van der Waals surface area contributed by atoms with Crippen LogP contribution in [0.5, 0.6) is 0 Å². The third kappa shape index (κ3) is 2.85. The van der Waals surface area contributed by atoms with E-state index in [2.05, 4.69) is 48.9 Å². The molecule has 1 atom stereocenters. The Hall–Kier alpha value is -1.06. The summed E-state index contributed by atoms with van der Waals surface area (Å²) in [4.78, 5) is 4.95. The first-order valence-electron chi connectivity index (χ1n) is 6.84. The molecule has 1 aliphatic rings. The summed E-state index contributed by atoms with van der Waals surface area (Å²) in [6.45, 7) is 8.46. The van der Waals surface area contributed by atoms with E-state index in [-0.39, 0.29) is 0 Å². The Labute approximate surface area is 111 Å². The maximum atomic E-state index is 5.71. The fraction of sp³-hybridized carbons (Fsp3) is 0.600. The van der Waals surface area contributed by atoms with Crippen molar-refractivity contribution in [1.29, 1.82) is 0 Å². The van der Waals surface area contributed by atoms with Gasteiger partial charge in [-0.05, 0) is 45.5 Å². The van der Waals surface area contributed by atoms with Crippen LogP contribution in [0.4, 0.5) is 5.69 Å². The molecule has 1 fully saturated rings. The zero-order valence-corrected chi connectivity index (χ0v) is 11.8. The van der Waals surface area contributed by atoms with Gasteiger partial charge in [-0.15, -0.1) is 0 Å². The third-order valence-corrected chi connectivity index (χ3v) is 3.97. The molecule has 0 amide bonds. The highest BCUT2D eigenvalue weighted by Gasteiger charge is 2.24. The highest BCUT2D eigenvalue weighted by molar-refractivity contribution is 5.54. The Morgan fingerprint density at radius 3 is 2.72 bits per heavy atom. The van der Waals surface area contributed by atoms with Gasteiger partial charge in [-0.2, -0.15) is 0 Å². The molecule has 2 N–H and O–H groups in total. The van der Waals surface area contributed by atoms with Crippen LogP contribution >= 0.6 is 0 Å². The maximum Gasteiger partial charge on any atom is 0.0397 e. The molecule has 1 unspecified atom stereocenters. The summed E-state index contributed by atoms with van der Waals surface area (Å²) in [5.41, 5.74) is 9.81. The van der Waals surface area contributed by atoms with Gasteiger partial charge in [0, 0.05) is 31.4 Å². The predicted octanol–water partition coefficient (Wildman–Crippen LogP) is 1.77. The average Bonchev–Trinajstić information content (AvgIpc) is 2.33. The van der Waals surface area contributed by atoms with E-state index in [9.17, 15) is 0 Å². The van der Waals surface area contributed by atoms with Crippen molar-refractivity contribution >= 4 is 5.69 Å². The minimum atomic E-state index is 0.587. The molecule has 3 nitrogen and oxygen atoms in total. The molecule has 0 radical (unpaired) electrons. The summed E-state index contributed by atoms with van der Waals surface area (Å²) >= 11 is 0. The molecule has 0 spiro atoms. The molecule has 0 aliphatic carbocycles. The number of hydrogen-bond acceptors (Lipinski definition) is 3. The van der Waals surface area contributed by atoms with Crippen LogP contribution in [-0.4, -0.2) is 44.2 Å². The summed E-state index contributed by atoms with van der Waals surface area (Å²) in [7, 11) is 2.21. The van der Waals surface area contributed by atoms with E-state index in [0.29, 0.717) is 6.04 Å².